The lowest BCUT2D eigenvalue weighted by Gasteiger charge is -2.35. The number of anilines is 1. The Bertz CT molecular complexity index is 782. The van der Waals surface area contributed by atoms with Gasteiger partial charge in [0, 0.05) is 35.1 Å². The van der Waals surface area contributed by atoms with Crippen molar-refractivity contribution in [3.8, 4) is 5.75 Å². The van der Waals surface area contributed by atoms with Gasteiger partial charge in [-0.15, -0.1) is 11.6 Å². The number of alkyl halides is 4. The first-order chi connectivity index (χ1) is 11.0. The van der Waals surface area contributed by atoms with Crippen LogP contribution in [0.3, 0.4) is 0 Å². The molecule has 0 radical (unpaired) electrons. The van der Waals surface area contributed by atoms with E-state index in [1.54, 1.807) is 30.3 Å². The molecule has 0 saturated heterocycles. The van der Waals surface area contributed by atoms with E-state index in [-0.39, 0.29) is 17.8 Å². The van der Waals surface area contributed by atoms with Crippen LogP contribution in [0.5, 0.6) is 5.75 Å². The molecule has 0 bridgehead atoms. The van der Waals surface area contributed by atoms with Crippen LogP contribution in [0.25, 0.3) is 10.8 Å². The van der Waals surface area contributed by atoms with Crippen molar-refractivity contribution in [1.29, 1.82) is 0 Å². The van der Waals surface area contributed by atoms with Crippen molar-refractivity contribution >= 4 is 28.1 Å². The Hall–Kier alpha value is -1.62. The molecule has 2 atom stereocenters. The summed E-state index contributed by atoms with van der Waals surface area (Å²) in [7, 11) is 0. The van der Waals surface area contributed by atoms with Crippen LogP contribution in [0.15, 0.2) is 30.3 Å². The fourth-order valence-corrected chi connectivity index (χ4v) is 3.67. The zero-order valence-electron chi connectivity index (χ0n) is 13.7. The minimum Gasteiger partial charge on any atom is -0.507 e. The van der Waals surface area contributed by atoms with Crippen molar-refractivity contribution < 1.29 is 18.3 Å². The molecule has 0 aliphatic carbocycles. The minimum absolute atomic E-state index is 0.0670. The number of fused-ring (bicyclic) bond motifs is 3. The number of hydrogen-bond donors (Lipinski definition) is 1. The molecule has 1 heterocycles. The van der Waals surface area contributed by atoms with Crippen molar-refractivity contribution in [1.82, 2.24) is 0 Å². The number of nitrogens with zero attached hydrogens (tertiary/aromatic N) is 1. The van der Waals surface area contributed by atoms with Gasteiger partial charge in [-0.2, -0.15) is 13.2 Å². The van der Waals surface area contributed by atoms with Gasteiger partial charge in [0.25, 0.3) is 0 Å². The number of phenolic OH excluding ortho intramolecular Hbond substituents is 1. The smallest absolute Gasteiger partial charge is 0.405 e. The van der Waals surface area contributed by atoms with Crippen LogP contribution >= 0.6 is 11.6 Å². The molecule has 2 nitrogen and oxygen atoms in total. The molecule has 2 aromatic carbocycles. The maximum atomic E-state index is 13.3. The third-order valence-corrected chi connectivity index (χ3v) is 5.11. The highest BCUT2D eigenvalue weighted by molar-refractivity contribution is 6.22. The lowest BCUT2D eigenvalue weighted by Crippen LogP contribution is -2.42. The fraction of sp³-hybridized carbons (Fsp3) is 0.444. The van der Waals surface area contributed by atoms with Gasteiger partial charge in [0.1, 0.15) is 11.1 Å². The van der Waals surface area contributed by atoms with Crippen LogP contribution in [0.4, 0.5) is 18.9 Å². The molecule has 0 unspecified atom stereocenters. The van der Waals surface area contributed by atoms with Crippen molar-refractivity contribution in [2.75, 3.05) is 11.4 Å². The maximum absolute atomic E-state index is 13.3. The van der Waals surface area contributed by atoms with Gasteiger partial charge in [-0.1, -0.05) is 24.3 Å². The van der Waals surface area contributed by atoms with Gasteiger partial charge < -0.3 is 10.0 Å². The van der Waals surface area contributed by atoms with Crippen LogP contribution in [0, 0.1) is 0 Å². The van der Waals surface area contributed by atoms with E-state index in [0.717, 1.165) is 0 Å². The molecule has 6 heteroatoms. The second kappa shape index (κ2) is 5.45. The van der Waals surface area contributed by atoms with E-state index in [2.05, 4.69) is 0 Å². The summed E-state index contributed by atoms with van der Waals surface area (Å²) >= 11 is 5.83. The van der Waals surface area contributed by atoms with Gasteiger partial charge in [0.05, 0.1) is 0 Å². The summed E-state index contributed by atoms with van der Waals surface area (Å²) in [5.74, 6) is -0.816. The number of benzene rings is 2. The molecule has 3 rings (SSSR count). The van der Waals surface area contributed by atoms with Crippen molar-refractivity contribution in [3.63, 3.8) is 0 Å². The van der Waals surface area contributed by atoms with Gasteiger partial charge in [-0.25, -0.2) is 0 Å². The number of hydrogen-bond acceptors (Lipinski definition) is 2. The third-order valence-electron chi connectivity index (χ3n) is 4.56. The Morgan fingerprint density at radius 3 is 2.29 bits per heavy atom. The topological polar surface area (TPSA) is 23.5 Å². The van der Waals surface area contributed by atoms with Gasteiger partial charge in [-0.05, 0) is 31.7 Å². The molecule has 0 saturated carbocycles. The molecule has 130 valence electrons. The summed E-state index contributed by atoms with van der Waals surface area (Å²) in [6.45, 7) is 5.96. The minimum atomic E-state index is -4.49. The summed E-state index contributed by atoms with van der Waals surface area (Å²) in [5.41, 5.74) is 0.801. The van der Waals surface area contributed by atoms with E-state index < -0.39 is 17.5 Å². The highest BCUT2D eigenvalue weighted by Gasteiger charge is 2.49. The summed E-state index contributed by atoms with van der Waals surface area (Å²) < 4.78 is 39.9. The summed E-state index contributed by atoms with van der Waals surface area (Å²) in [6, 6.07) is 8.52. The molecule has 1 N–H and O–H groups in total. The Morgan fingerprint density at radius 1 is 1.17 bits per heavy atom. The lowest BCUT2D eigenvalue weighted by molar-refractivity contribution is -0.134. The number of aromatic hydroxyl groups is 1. The van der Waals surface area contributed by atoms with Crippen LogP contribution < -0.4 is 4.90 Å². The Kier molecular flexibility index (Phi) is 3.91. The largest absolute Gasteiger partial charge is 0.507 e. The zero-order valence-corrected chi connectivity index (χ0v) is 14.4. The Morgan fingerprint density at radius 2 is 1.75 bits per heavy atom. The SMILES string of the molecule is CC(C)(C)N1C[C@@H]([C@H](Cl)C(F)(F)F)c2c1cc(O)c1ccccc21. The summed E-state index contributed by atoms with van der Waals surface area (Å²) in [5, 5.41) is 9.52. The predicted molar refractivity (Wildman–Crippen MR) is 91.1 cm³/mol. The first kappa shape index (κ1) is 17.2. The second-order valence-electron chi connectivity index (χ2n) is 7.21. The molecule has 1 aliphatic heterocycles. The van der Waals surface area contributed by atoms with Crippen molar-refractivity contribution in [2.24, 2.45) is 0 Å². The average Bonchev–Trinajstić information content (AvgIpc) is 2.85. The van der Waals surface area contributed by atoms with E-state index in [0.29, 0.717) is 22.0 Å². The highest BCUT2D eigenvalue weighted by atomic mass is 35.5. The van der Waals surface area contributed by atoms with Crippen LogP contribution in [0.1, 0.15) is 32.3 Å². The number of rotatable bonds is 1. The molecule has 0 fully saturated rings. The third kappa shape index (κ3) is 2.69. The average molecular weight is 358 g/mol. The van der Waals surface area contributed by atoms with E-state index in [1.165, 1.54) is 0 Å². The first-order valence-electron chi connectivity index (χ1n) is 7.75. The molecule has 24 heavy (non-hydrogen) atoms. The summed E-state index contributed by atoms with van der Waals surface area (Å²) in [6.07, 6.45) is -4.49. The van der Waals surface area contributed by atoms with E-state index in [4.69, 9.17) is 11.6 Å². The van der Waals surface area contributed by atoms with Crippen molar-refractivity contribution in [2.45, 2.75) is 43.8 Å². The van der Waals surface area contributed by atoms with Crippen LogP contribution in [-0.2, 0) is 0 Å². The van der Waals surface area contributed by atoms with E-state index >= 15 is 0 Å². The molecule has 2 aromatic rings. The Balaban J connectivity index is 2.28. The second-order valence-corrected chi connectivity index (χ2v) is 7.68. The standard InChI is InChI=1S/C18H19ClF3NO/c1-17(2,3)23-9-12(16(19)18(20,21)22)15-11-7-5-4-6-10(11)14(24)8-13(15)23/h4-8,12,16,24H,9H2,1-3H3/t12-,16+/m1/s1. The van der Waals surface area contributed by atoms with Crippen LogP contribution in [-0.4, -0.2) is 28.7 Å². The lowest BCUT2D eigenvalue weighted by atomic mass is 9.91. The number of phenols is 1. The molecule has 1 aliphatic rings. The van der Waals surface area contributed by atoms with Gasteiger partial charge in [-0.3, -0.25) is 0 Å². The maximum Gasteiger partial charge on any atom is 0.405 e. The number of halogens is 4. The fourth-order valence-electron chi connectivity index (χ4n) is 3.47. The van der Waals surface area contributed by atoms with Gasteiger partial charge in [0.15, 0.2) is 0 Å². The van der Waals surface area contributed by atoms with Crippen molar-refractivity contribution in [3.05, 3.63) is 35.9 Å². The molecular weight excluding hydrogens is 339 g/mol. The van der Waals surface area contributed by atoms with Gasteiger partial charge in [0.2, 0.25) is 0 Å². The molecule has 0 spiro atoms. The summed E-state index contributed by atoms with van der Waals surface area (Å²) in [4.78, 5) is 1.89. The quantitative estimate of drug-likeness (QED) is 0.689. The van der Waals surface area contributed by atoms with Gasteiger partial charge >= 0.3 is 6.18 Å². The Labute approximate surface area is 143 Å². The molecule has 0 aromatic heterocycles. The molecular formula is C18H19ClF3NO. The molecule has 0 amide bonds. The van der Waals surface area contributed by atoms with Crippen LogP contribution in [0.2, 0.25) is 0 Å². The normalized spacial score (nSPS) is 19.6. The predicted octanol–water partition coefficient (Wildman–Crippen LogP) is 5.42. The van der Waals surface area contributed by atoms with E-state index in [1.807, 2.05) is 25.7 Å². The van der Waals surface area contributed by atoms with E-state index in [9.17, 15) is 18.3 Å². The highest BCUT2D eigenvalue weighted by Crippen LogP contribution is 2.51. The first-order valence-corrected chi connectivity index (χ1v) is 8.18. The monoisotopic (exact) mass is 357 g/mol. The zero-order chi connectivity index (χ0) is 17.9.